The standard InChI is InChI=1S/C31H28N2O3/c1-4-17-33(3)22-15-13-20(2)27(19-22)32-21-14-16-29-26(18-21)31(25-11-7-8-12-28(25)35-29)24-10-6-5-9-23(24)30(34)36-31/h5-16,18-19,32H,4,17H2,1-3H3. The van der Waals surface area contributed by atoms with E-state index in [4.69, 9.17) is 9.47 Å². The van der Waals surface area contributed by atoms with Crippen LogP contribution in [-0.4, -0.2) is 19.6 Å². The first-order valence-electron chi connectivity index (χ1n) is 12.3. The lowest BCUT2D eigenvalue weighted by Gasteiger charge is -2.36. The van der Waals surface area contributed by atoms with Crippen molar-refractivity contribution in [3.05, 3.63) is 113 Å². The summed E-state index contributed by atoms with van der Waals surface area (Å²) in [5, 5.41) is 3.60. The van der Waals surface area contributed by atoms with Crippen molar-refractivity contribution < 1.29 is 14.3 Å². The zero-order valence-electron chi connectivity index (χ0n) is 20.7. The molecule has 180 valence electrons. The van der Waals surface area contributed by atoms with Crippen LogP contribution in [0, 0.1) is 6.92 Å². The Hall–Kier alpha value is -4.25. The van der Waals surface area contributed by atoms with Crippen molar-refractivity contribution in [2.24, 2.45) is 0 Å². The Morgan fingerprint density at radius 3 is 2.44 bits per heavy atom. The Balaban J connectivity index is 1.48. The summed E-state index contributed by atoms with van der Waals surface area (Å²) < 4.78 is 12.6. The van der Waals surface area contributed by atoms with Gasteiger partial charge in [-0.05, 0) is 61.4 Å². The number of ether oxygens (including phenoxy) is 2. The van der Waals surface area contributed by atoms with E-state index in [1.165, 1.54) is 0 Å². The van der Waals surface area contributed by atoms with Crippen molar-refractivity contribution in [1.82, 2.24) is 0 Å². The number of carbonyl (C=O) groups excluding carboxylic acids is 1. The Morgan fingerprint density at radius 1 is 0.861 bits per heavy atom. The van der Waals surface area contributed by atoms with Gasteiger partial charge in [-0.15, -0.1) is 0 Å². The Labute approximate surface area is 211 Å². The maximum atomic E-state index is 13.1. The summed E-state index contributed by atoms with van der Waals surface area (Å²) in [6.07, 6.45) is 1.09. The molecular weight excluding hydrogens is 448 g/mol. The third-order valence-corrected chi connectivity index (χ3v) is 7.12. The fourth-order valence-corrected chi connectivity index (χ4v) is 5.30. The minimum Gasteiger partial charge on any atom is -0.456 e. The van der Waals surface area contributed by atoms with Gasteiger partial charge in [0.2, 0.25) is 0 Å². The van der Waals surface area contributed by atoms with Crippen molar-refractivity contribution >= 4 is 23.0 Å². The molecule has 1 spiro atoms. The molecule has 0 saturated carbocycles. The second kappa shape index (κ2) is 8.45. The highest BCUT2D eigenvalue weighted by molar-refractivity contribution is 5.97. The first kappa shape index (κ1) is 22.2. The molecule has 1 unspecified atom stereocenters. The number of hydrogen-bond acceptors (Lipinski definition) is 5. The van der Waals surface area contributed by atoms with Crippen molar-refractivity contribution in [2.75, 3.05) is 23.8 Å². The van der Waals surface area contributed by atoms with Gasteiger partial charge in [-0.3, -0.25) is 0 Å². The van der Waals surface area contributed by atoms with Gasteiger partial charge in [-0.25, -0.2) is 4.79 Å². The summed E-state index contributed by atoms with van der Waals surface area (Å²) in [7, 11) is 2.11. The van der Waals surface area contributed by atoms with Crippen LogP contribution in [-0.2, 0) is 10.3 Å². The summed E-state index contributed by atoms with van der Waals surface area (Å²) in [6, 6.07) is 27.9. The van der Waals surface area contributed by atoms with E-state index in [1.54, 1.807) is 0 Å². The van der Waals surface area contributed by atoms with Gasteiger partial charge in [0.25, 0.3) is 0 Å². The molecule has 0 aliphatic carbocycles. The SMILES string of the molecule is CCCN(C)c1ccc(C)c(Nc2ccc3c(c2)C2(OC(=O)c4ccccc42)c2ccccc2O3)c1. The maximum absolute atomic E-state index is 13.1. The van der Waals surface area contributed by atoms with Crippen molar-refractivity contribution in [3.63, 3.8) is 0 Å². The molecule has 5 nitrogen and oxygen atoms in total. The summed E-state index contributed by atoms with van der Waals surface area (Å²) in [5.41, 5.74) is 6.23. The maximum Gasteiger partial charge on any atom is 0.340 e. The first-order chi connectivity index (χ1) is 17.5. The normalized spacial score (nSPS) is 17.0. The minimum absolute atomic E-state index is 0.325. The fraction of sp³-hybridized carbons (Fsp3) is 0.194. The van der Waals surface area contributed by atoms with Gasteiger partial charge < -0.3 is 19.7 Å². The van der Waals surface area contributed by atoms with Crippen LogP contribution in [0.25, 0.3) is 0 Å². The molecule has 0 saturated heterocycles. The summed E-state index contributed by atoms with van der Waals surface area (Å²) in [6.45, 7) is 5.27. The molecular formula is C31H28N2O3. The van der Waals surface area contributed by atoms with Gasteiger partial charge in [-0.1, -0.05) is 49.4 Å². The summed E-state index contributed by atoms with van der Waals surface area (Å²) >= 11 is 0. The number of anilines is 3. The largest absolute Gasteiger partial charge is 0.456 e. The van der Waals surface area contributed by atoms with Crippen LogP contribution in [0.2, 0.25) is 0 Å². The Bertz CT molecular complexity index is 1500. The number of nitrogens with one attached hydrogen (secondary N) is 1. The third-order valence-electron chi connectivity index (χ3n) is 7.12. The number of nitrogens with zero attached hydrogens (tertiary/aromatic N) is 1. The molecule has 2 aliphatic heterocycles. The van der Waals surface area contributed by atoms with Crippen LogP contribution in [0.1, 0.15) is 46.0 Å². The molecule has 5 heteroatoms. The van der Waals surface area contributed by atoms with Gasteiger partial charge in [0.15, 0.2) is 5.60 Å². The topological polar surface area (TPSA) is 50.8 Å². The number of esters is 1. The van der Waals surface area contributed by atoms with Gasteiger partial charge in [0.1, 0.15) is 11.5 Å². The third kappa shape index (κ3) is 3.34. The van der Waals surface area contributed by atoms with Gasteiger partial charge in [-0.2, -0.15) is 0 Å². The van der Waals surface area contributed by atoms with Crippen LogP contribution >= 0.6 is 0 Å². The first-order valence-corrected chi connectivity index (χ1v) is 12.3. The average Bonchev–Trinajstić information content (AvgIpc) is 3.19. The summed E-state index contributed by atoms with van der Waals surface area (Å²) in [5.74, 6) is 1.05. The van der Waals surface area contributed by atoms with Crippen molar-refractivity contribution in [1.29, 1.82) is 0 Å². The second-order valence-electron chi connectivity index (χ2n) is 9.47. The van der Waals surface area contributed by atoms with Crippen LogP contribution in [0.3, 0.4) is 0 Å². The molecule has 1 N–H and O–H groups in total. The lowest BCUT2D eigenvalue weighted by molar-refractivity contribution is 0.0224. The van der Waals surface area contributed by atoms with Crippen LogP contribution in [0.15, 0.2) is 84.9 Å². The number of carbonyl (C=O) groups is 1. The molecule has 0 aromatic heterocycles. The van der Waals surface area contributed by atoms with E-state index in [0.717, 1.165) is 52.3 Å². The number of hydrogen-bond donors (Lipinski definition) is 1. The minimum atomic E-state index is -1.06. The number of benzene rings is 4. The van der Waals surface area contributed by atoms with Gasteiger partial charge >= 0.3 is 5.97 Å². The molecule has 0 radical (unpaired) electrons. The molecule has 6 rings (SSSR count). The molecule has 0 bridgehead atoms. The molecule has 2 aliphatic rings. The Morgan fingerprint density at radius 2 is 1.61 bits per heavy atom. The van der Waals surface area contributed by atoms with E-state index in [-0.39, 0.29) is 5.97 Å². The van der Waals surface area contributed by atoms with Crippen LogP contribution < -0.4 is 15.0 Å². The molecule has 2 heterocycles. The molecule has 4 aromatic rings. The zero-order valence-corrected chi connectivity index (χ0v) is 20.7. The monoisotopic (exact) mass is 476 g/mol. The van der Waals surface area contributed by atoms with E-state index in [1.807, 2.05) is 66.7 Å². The van der Waals surface area contributed by atoms with Crippen molar-refractivity contribution in [3.8, 4) is 11.5 Å². The van der Waals surface area contributed by atoms with Crippen LogP contribution in [0.4, 0.5) is 17.1 Å². The van der Waals surface area contributed by atoms with Gasteiger partial charge in [0.05, 0.1) is 5.56 Å². The number of para-hydroxylation sites is 1. The molecule has 36 heavy (non-hydrogen) atoms. The smallest absolute Gasteiger partial charge is 0.340 e. The highest BCUT2D eigenvalue weighted by Crippen LogP contribution is 2.56. The Kier molecular flexibility index (Phi) is 5.22. The molecule has 1 atom stereocenters. The van der Waals surface area contributed by atoms with Gasteiger partial charge in [0, 0.05) is 47.3 Å². The fourth-order valence-electron chi connectivity index (χ4n) is 5.30. The molecule has 0 amide bonds. The lowest BCUT2D eigenvalue weighted by Crippen LogP contribution is -2.33. The summed E-state index contributed by atoms with van der Waals surface area (Å²) in [4.78, 5) is 15.3. The van der Waals surface area contributed by atoms with E-state index in [0.29, 0.717) is 17.1 Å². The van der Waals surface area contributed by atoms with E-state index in [2.05, 4.69) is 49.3 Å². The second-order valence-corrected chi connectivity index (χ2v) is 9.47. The highest BCUT2D eigenvalue weighted by Gasteiger charge is 2.53. The quantitative estimate of drug-likeness (QED) is 0.310. The number of rotatable bonds is 5. The lowest BCUT2D eigenvalue weighted by atomic mass is 9.77. The number of aryl methyl sites for hydroxylation is 1. The van der Waals surface area contributed by atoms with E-state index >= 15 is 0 Å². The predicted molar refractivity (Wildman–Crippen MR) is 143 cm³/mol. The van der Waals surface area contributed by atoms with Crippen LogP contribution in [0.5, 0.6) is 11.5 Å². The average molecular weight is 477 g/mol. The zero-order chi connectivity index (χ0) is 24.9. The molecule has 4 aromatic carbocycles. The van der Waals surface area contributed by atoms with E-state index < -0.39 is 5.60 Å². The molecule has 0 fully saturated rings. The predicted octanol–water partition coefficient (Wildman–Crippen LogP) is 7.15. The van der Waals surface area contributed by atoms with E-state index in [9.17, 15) is 4.79 Å². The van der Waals surface area contributed by atoms with Crippen molar-refractivity contribution in [2.45, 2.75) is 25.9 Å². The highest BCUT2D eigenvalue weighted by atomic mass is 16.6. The number of fused-ring (bicyclic) bond motifs is 6.